The van der Waals surface area contributed by atoms with Gasteiger partial charge in [0.1, 0.15) is 11.3 Å². The molecule has 1 saturated heterocycles. The Morgan fingerprint density at radius 1 is 1.07 bits per heavy atom. The first-order chi connectivity index (χ1) is 13.0. The highest BCUT2D eigenvalue weighted by molar-refractivity contribution is 6.31. The molecule has 0 spiro atoms. The second-order valence-electron chi connectivity index (χ2n) is 5.68. The van der Waals surface area contributed by atoms with Gasteiger partial charge in [-0.1, -0.05) is 12.1 Å². The Labute approximate surface area is 156 Å². The molecule has 1 aliphatic heterocycles. The first kappa shape index (κ1) is 18.2. The van der Waals surface area contributed by atoms with Gasteiger partial charge in [0.25, 0.3) is 11.8 Å². The maximum absolute atomic E-state index is 12.6. The van der Waals surface area contributed by atoms with Crippen LogP contribution in [0.25, 0.3) is 6.08 Å². The largest absolute Gasteiger partial charge is 0.497 e. The number of nitrogens with one attached hydrogen (secondary N) is 1. The summed E-state index contributed by atoms with van der Waals surface area (Å²) in [5.41, 5.74) is 4.06. The molecule has 2 aromatic carbocycles. The second kappa shape index (κ2) is 7.74. The molecular weight excluding hydrogens is 348 g/mol. The number of nitrogens with zero attached hydrogens (tertiary/aromatic N) is 1. The van der Waals surface area contributed by atoms with Gasteiger partial charge in [-0.2, -0.15) is 0 Å². The van der Waals surface area contributed by atoms with Gasteiger partial charge in [0, 0.05) is 0 Å². The molecule has 1 heterocycles. The van der Waals surface area contributed by atoms with Crippen molar-refractivity contribution in [3.8, 4) is 5.75 Å². The van der Waals surface area contributed by atoms with E-state index in [4.69, 9.17) is 9.47 Å². The summed E-state index contributed by atoms with van der Waals surface area (Å²) in [5, 5.41) is 1.15. The second-order valence-corrected chi connectivity index (χ2v) is 5.68. The monoisotopic (exact) mass is 366 g/mol. The van der Waals surface area contributed by atoms with E-state index in [9.17, 15) is 14.4 Å². The number of ether oxygens (including phenoxy) is 2. The van der Waals surface area contributed by atoms with Gasteiger partial charge in [-0.3, -0.25) is 15.0 Å². The van der Waals surface area contributed by atoms with Crippen LogP contribution >= 0.6 is 0 Å². The lowest BCUT2D eigenvalue weighted by Gasteiger charge is -2.14. The lowest BCUT2D eigenvalue weighted by molar-refractivity contribution is -0.117. The zero-order chi connectivity index (χ0) is 19.4. The van der Waals surface area contributed by atoms with E-state index < -0.39 is 17.8 Å². The van der Waals surface area contributed by atoms with E-state index >= 15 is 0 Å². The summed E-state index contributed by atoms with van der Waals surface area (Å²) < 4.78 is 10.0. The van der Waals surface area contributed by atoms with E-state index in [1.165, 1.54) is 18.2 Å². The fourth-order valence-electron chi connectivity index (χ4n) is 2.57. The predicted octanol–water partition coefficient (Wildman–Crippen LogP) is 2.33. The van der Waals surface area contributed by atoms with E-state index in [0.29, 0.717) is 22.6 Å². The van der Waals surface area contributed by atoms with E-state index in [1.54, 1.807) is 50.4 Å². The highest BCUT2D eigenvalue weighted by Gasteiger charge is 2.34. The summed E-state index contributed by atoms with van der Waals surface area (Å²) in [4.78, 5) is 36.5. The molecule has 7 heteroatoms. The van der Waals surface area contributed by atoms with Crippen molar-refractivity contribution < 1.29 is 23.9 Å². The van der Waals surface area contributed by atoms with Gasteiger partial charge in [0.05, 0.1) is 25.0 Å². The van der Waals surface area contributed by atoms with Crippen LogP contribution in [0.3, 0.4) is 0 Å². The molecule has 0 aromatic heterocycles. The Balaban J connectivity index is 1.81. The van der Waals surface area contributed by atoms with Gasteiger partial charge < -0.3 is 9.47 Å². The molecule has 138 valence electrons. The van der Waals surface area contributed by atoms with Crippen LogP contribution in [0, 0.1) is 0 Å². The first-order valence-corrected chi connectivity index (χ1v) is 8.32. The van der Waals surface area contributed by atoms with Gasteiger partial charge in [-0.05, 0) is 55.0 Å². The number of esters is 1. The number of carbonyl (C=O) groups is 3. The lowest BCUT2D eigenvalue weighted by atomic mass is 10.1. The molecule has 2 amide bonds. The quantitative estimate of drug-likeness (QED) is 0.499. The summed E-state index contributed by atoms with van der Waals surface area (Å²) in [7, 11) is 1.56. The molecule has 2 aromatic rings. The highest BCUT2D eigenvalue weighted by Crippen LogP contribution is 2.23. The number of rotatable bonds is 5. The predicted molar refractivity (Wildman–Crippen MR) is 99.0 cm³/mol. The molecule has 0 unspecified atom stereocenters. The van der Waals surface area contributed by atoms with Gasteiger partial charge >= 0.3 is 5.97 Å². The van der Waals surface area contributed by atoms with Gasteiger partial charge in [-0.15, -0.1) is 0 Å². The smallest absolute Gasteiger partial charge is 0.338 e. The Kier molecular flexibility index (Phi) is 5.21. The number of benzene rings is 2. The molecule has 3 rings (SSSR count). The first-order valence-electron chi connectivity index (χ1n) is 8.32. The molecule has 0 aliphatic carbocycles. The van der Waals surface area contributed by atoms with Crippen LogP contribution in [-0.4, -0.2) is 31.5 Å². The van der Waals surface area contributed by atoms with Crippen LogP contribution in [0.15, 0.2) is 54.1 Å². The third-order valence-electron chi connectivity index (χ3n) is 3.95. The van der Waals surface area contributed by atoms with Gasteiger partial charge in [0.2, 0.25) is 0 Å². The molecular formula is C20H18N2O5. The maximum atomic E-state index is 12.6. The molecule has 1 fully saturated rings. The number of amides is 2. The number of anilines is 1. The van der Waals surface area contributed by atoms with Crippen LogP contribution in [0.5, 0.6) is 5.75 Å². The number of hydrogen-bond acceptors (Lipinski definition) is 5. The van der Waals surface area contributed by atoms with Crippen LogP contribution in [0.4, 0.5) is 5.69 Å². The molecule has 27 heavy (non-hydrogen) atoms. The number of methoxy groups -OCH3 is 1. The molecule has 0 atom stereocenters. The van der Waals surface area contributed by atoms with Crippen molar-refractivity contribution in [2.45, 2.75) is 6.92 Å². The normalized spacial score (nSPS) is 15.0. The third-order valence-corrected chi connectivity index (χ3v) is 3.95. The van der Waals surface area contributed by atoms with Crippen LogP contribution in [0.1, 0.15) is 22.8 Å². The van der Waals surface area contributed by atoms with Crippen molar-refractivity contribution in [1.29, 1.82) is 0 Å². The minimum absolute atomic E-state index is 0.0228. The molecule has 7 nitrogen and oxygen atoms in total. The number of hydrogen-bond donors (Lipinski definition) is 1. The topological polar surface area (TPSA) is 84.9 Å². The van der Waals surface area contributed by atoms with Crippen molar-refractivity contribution in [3.05, 3.63) is 65.2 Å². The summed E-state index contributed by atoms with van der Waals surface area (Å²) in [6, 6.07) is 13.2. The zero-order valence-corrected chi connectivity index (χ0v) is 14.9. The van der Waals surface area contributed by atoms with Crippen molar-refractivity contribution in [2.24, 2.45) is 0 Å². The molecule has 0 bridgehead atoms. The lowest BCUT2D eigenvalue weighted by Crippen LogP contribution is -2.35. The van der Waals surface area contributed by atoms with Crippen molar-refractivity contribution in [1.82, 2.24) is 5.43 Å². The summed E-state index contributed by atoms with van der Waals surface area (Å²) in [6.45, 7) is 2.00. The average Bonchev–Trinajstić information content (AvgIpc) is 2.97. The van der Waals surface area contributed by atoms with E-state index in [0.717, 1.165) is 5.01 Å². The Morgan fingerprint density at radius 3 is 2.33 bits per heavy atom. The van der Waals surface area contributed by atoms with E-state index in [2.05, 4.69) is 5.43 Å². The van der Waals surface area contributed by atoms with Crippen LogP contribution in [-0.2, 0) is 14.3 Å². The van der Waals surface area contributed by atoms with Gasteiger partial charge in [0.15, 0.2) is 0 Å². The average molecular weight is 366 g/mol. The summed E-state index contributed by atoms with van der Waals surface area (Å²) >= 11 is 0. The minimum Gasteiger partial charge on any atom is -0.497 e. The van der Waals surface area contributed by atoms with E-state index in [-0.39, 0.29) is 12.2 Å². The maximum Gasteiger partial charge on any atom is 0.338 e. The standard InChI is InChI=1S/C20H18N2O5/c1-3-27-20(25)14-6-8-15(9-7-14)22-19(24)17(18(23)21-22)12-13-4-10-16(26-2)11-5-13/h4-12H,3H2,1-2H3,(H,21,23)/b17-12-. The molecule has 1 aliphatic rings. The number of carbonyl (C=O) groups excluding carboxylic acids is 3. The SMILES string of the molecule is CCOC(=O)c1ccc(N2NC(=O)/C(=C/c3ccc(OC)cc3)C2=O)cc1. The Bertz CT molecular complexity index is 901. The van der Waals surface area contributed by atoms with E-state index in [1.807, 2.05) is 0 Å². The van der Waals surface area contributed by atoms with Crippen molar-refractivity contribution in [3.63, 3.8) is 0 Å². The minimum atomic E-state index is -0.495. The Morgan fingerprint density at radius 2 is 1.74 bits per heavy atom. The Hall–Kier alpha value is -3.61. The number of hydrazine groups is 1. The van der Waals surface area contributed by atoms with Gasteiger partial charge in [-0.25, -0.2) is 9.80 Å². The molecule has 0 radical (unpaired) electrons. The third kappa shape index (κ3) is 3.82. The molecule has 0 saturated carbocycles. The van der Waals surface area contributed by atoms with Crippen LogP contribution in [0.2, 0.25) is 0 Å². The van der Waals surface area contributed by atoms with Crippen molar-refractivity contribution >= 4 is 29.5 Å². The fourth-order valence-corrected chi connectivity index (χ4v) is 2.57. The highest BCUT2D eigenvalue weighted by atomic mass is 16.5. The van der Waals surface area contributed by atoms with Crippen LogP contribution < -0.4 is 15.2 Å². The zero-order valence-electron chi connectivity index (χ0n) is 14.9. The fraction of sp³-hybridized carbons (Fsp3) is 0.150. The summed E-state index contributed by atoms with van der Waals surface area (Å²) in [5.74, 6) is -0.728. The van der Waals surface area contributed by atoms with Crippen molar-refractivity contribution in [2.75, 3.05) is 18.7 Å². The summed E-state index contributed by atoms with van der Waals surface area (Å²) in [6.07, 6.45) is 1.52. The molecule has 1 N–H and O–H groups in total.